The quantitative estimate of drug-likeness (QED) is 0.827. The molecule has 88 valence electrons. The number of nitrogens with one attached hydrogen (secondary N) is 1. The highest BCUT2D eigenvalue weighted by Crippen LogP contribution is 2.47. The lowest BCUT2D eigenvalue weighted by Gasteiger charge is -2.20. The average molecular weight is 220 g/mol. The molecule has 1 heterocycles. The largest absolute Gasteiger partial charge is 0.481 e. The van der Waals surface area contributed by atoms with Crippen molar-refractivity contribution in [2.24, 2.45) is 5.41 Å². The Morgan fingerprint density at radius 3 is 2.94 bits per heavy atom. The molecule has 1 unspecified atom stereocenters. The van der Waals surface area contributed by atoms with E-state index in [1.807, 2.05) is 12.1 Å². The van der Waals surface area contributed by atoms with Gasteiger partial charge in [-0.25, -0.2) is 4.98 Å². The number of nitrogens with zero attached hydrogens (tertiary/aromatic N) is 1. The van der Waals surface area contributed by atoms with Crippen LogP contribution in [0.3, 0.4) is 0 Å². The second kappa shape index (κ2) is 4.42. The molecule has 1 N–H and O–H groups in total. The smallest absolute Gasteiger partial charge is 0.213 e. The van der Waals surface area contributed by atoms with E-state index in [0.29, 0.717) is 17.3 Å². The van der Waals surface area contributed by atoms with Gasteiger partial charge in [0.2, 0.25) is 5.88 Å². The van der Waals surface area contributed by atoms with Crippen molar-refractivity contribution < 1.29 is 4.74 Å². The van der Waals surface area contributed by atoms with Crippen LogP contribution in [0.15, 0.2) is 18.3 Å². The average Bonchev–Trinajstić information content (AvgIpc) is 3.06. The van der Waals surface area contributed by atoms with E-state index < -0.39 is 0 Å². The van der Waals surface area contributed by atoms with E-state index in [-0.39, 0.29) is 0 Å². The van der Waals surface area contributed by atoms with Crippen LogP contribution in [0.25, 0.3) is 0 Å². The van der Waals surface area contributed by atoms with Gasteiger partial charge in [0, 0.05) is 24.8 Å². The highest BCUT2D eigenvalue weighted by atomic mass is 16.5. The number of hydrogen-bond donors (Lipinski definition) is 1. The molecule has 1 saturated carbocycles. The van der Waals surface area contributed by atoms with Gasteiger partial charge in [-0.05, 0) is 36.8 Å². The summed E-state index contributed by atoms with van der Waals surface area (Å²) < 4.78 is 5.10. The number of rotatable bonds is 5. The third-order valence-electron chi connectivity index (χ3n) is 3.70. The Balaban J connectivity index is 1.89. The van der Waals surface area contributed by atoms with Crippen molar-refractivity contribution in [1.29, 1.82) is 0 Å². The molecule has 0 spiro atoms. The van der Waals surface area contributed by atoms with E-state index in [9.17, 15) is 0 Å². The van der Waals surface area contributed by atoms with Crippen molar-refractivity contribution in [3.05, 3.63) is 23.9 Å². The molecule has 0 radical (unpaired) electrons. The van der Waals surface area contributed by atoms with Crippen LogP contribution in [0.1, 0.15) is 32.3 Å². The summed E-state index contributed by atoms with van der Waals surface area (Å²) in [7, 11) is 1.65. The third kappa shape index (κ3) is 2.53. The van der Waals surface area contributed by atoms with Crippen molar-refractivity contribution >= 4 is 0 Å². The Hall–Kier alpha value is -1.09. The summed E-state index contributed by atoms with van der Waals surface area (Å²) in [6, 6.07) is 4.58. The van der Waals surface area contributed by atoms with Gasteiger partial charge in [-0.3, -0.25) is 0 Å². The highest BCUT2D eigenvalue weighted by Gasteiger charge is 2.42. The first-order valence-corrected chi connectivity index (χ1v) is 5.86. The van der Waals surface area contributed by atoms with Gasteiger partial charge >= 0.3 is 0 Å². The first-order valence-electron chi connectivity index (χ1n) is 5.86. The second-order valence-electron chi connectivity index (χ2n) is 4.96. The Bertz CT molecular complexity index is 361. The maximum atomic E-state index is 5.10. The van der Waals surface area contributed by atoms with E-state index in [1.165, 1.54) is 18.4 Å². The first kappa shape index (κ1) is 11.4. The lowest BCUT2D eigenvalue weighted by atomic mass is 10.0. The second-order valence-corrected chi connectivity index (χ2v) is 4.96. The molecule has 16 heavy (non-hydrogen) atoms. The van der Waals surface area contributed by atoms with Crippen molar-refractivity contribution in [3.8, 4) is 5.88 Å². The van der Waals surface area contributed by atoms with Crippen LogP contribution >= 0.6 is 0 Å². The molecule has 1 aliphatic carbocycles. The number of hydrogen-bond acceptors (Lipinski definition) is 3. The molecular formula is C13H20N2O. The molecule has 1 fully saturated rings. The van der Waals surface area contributed by atoms with Crippen LogP contribution in [0, 0.1) is 5.41 Å². The summed E-state index contributed by atoms with van der Waals surface area (Å²) in [5, 5.41) is 3.57. The standard InChI is InChI=1S/C13H20N2O/c1-10(13(2)5-6-13)15-9-11-4-7-14-12(8-11)16-3/h4,7-8,10,15H,5-6,9H2,1-3H3. The van der Waals surface area contributed by atoms with Gasteiger partial charge in [0.05, 0.1) is 7.11 Å². The minimum Gasteiger partial charge on any atom is -0.481 e. The maximum Gasteiger partial charge on any atom is 0.213 e. The van der Waals surface area contributed by atoms with Gasteiger partial charge in [-0.1, -0.05) is 6.92 Å². The van der Waals surface area contributed by atoms with E-state index in [0.717, 1.165) is 6.54 Å². The SMILES string of the molecule is COc1cc(CNC(C)C2(C)CC2)ccn1. The minimum absolute atomic E-state index is 0.525. The molecule has 2 rings (SSSR count). The summed E-state index contributed by atoms with van der Waals surface area (Å²) in [5.41, 5.74) is 1.75. The zero-order valence-corrected chi connectivity index (χ0v) is 10.3. The number of pyridine rings is 1. The Labute approximate surface area is 97.2 Å². The fraction of sp³-hybridized carbons (Fsp3) is 0.615. The van der Waals surface area contributed by atoms with Gasteiger partial charge < -0.3 is 10.1 Å². The molecule has 1 aromatic heterocycles. The van der Waals surface area contributed by atoms with Crippen molar-refractivity contribution in [3.63, 3.8) is 0 Å². The normalized spacial score (nSPS) is 19.2. The molecule has 0 saturated heterocycles. The van der Waals surface area contributed by atoms with Crippen molar-refractivity contribution in [2.75, 3.05) is 7.11 Å². The van der Waals surface area contributed by atoms with Gasteiger partial charge in [-0.2, -0.15) is 0 Å². The van der Waals surface area contributed by atoms with Crippen LogP contribution in [0.4, 0.5) is 0 Å². The Kier molecular flexibility index (Phi) is 3.15. The summed E-state index contributed by atoms with van der Waals surface area (Å²) in [6.45, 7) is 5.50. The highest BCUT2D eigenvalue weighted by molar-refractivity contribution is 5.20. The molecule has 3 heteroatoms. The predicted molar refractivity (Wildman–Crippen MR) is 64.4 cm³/mol. The van der Waals surface area contributed by atoms with Gasteiger partial charge in [0.1, 0.15) is 0 Å². The summed E-state index contributed by atoms with van der Waals surface area (Å²) in [6.07, 6.45) is 4.49. The molecular weight excluding hydrogens is 200 g/mol. The summed E-state index contributed by atoms with van der Waals surface area (Å²) >= 11 is 0. The molecule has 1 aromatic rings. The van der Waals surface area contributed by atoms with Gasteiger partial charge in [0.15, 0.2) is 0 Å². The minimum atomic E-state index is 0.525. The number of ether oxygens (including phenoxy) is 1. The fourth-order valence-electron chi connectivity index (χ4n) is 1.82. The van der Waals surface area contributed by atoms with Gasteiger partial charge in [-0.15, -0.1) is 0 Å². The van der Waals surface area contributed by atoms with E-state index in [1.54, 1.807) is 13.3 Å². The van der Waals surface area contributed by atoms with Crippen LogP contribution in [-0.4, -0.2) is 18.1 Å². The molecule has 3 nitrogen and oxygen atoms in total. The van der Waals surface area contributed by atoms with E-state index in [2.05, 4.69) is 24.1 Å². The van der Waals surface area contributed by atoms with E-state index >= 15 is 0 Å². The Morgan fingerprint density at radius 2 is 2.31 bits per heavy atom. The maximum absolute atomic E-state index is 5.10. The Morgan fingerprint density at radius 1 is 1.56 bits per heavy atom. The summed E-state index contributed by atoms with van der Waals surface area (Å²) in [5.74, 6) is 0.685. The lowest BCUT2D eigenvalue weighted by molar-refractivity contribution is 0.377. The fourth-order valence-corrected chi connectivity index (χ4v) is 1.82. The first-order chi connectivity index (χ1) is 7.64. The van der Waals surface area contributed by atoms with Crippen molar-refractivity contribution in [2.45, 2.75) is 39.3 Å². The van der Waals surface area contributed by atoms with E-state index in [4.69, 9.17) is 4.74 Å². The van der Waals surface area contributed by atoms with Crippen molar-refractivity contribution in [1.82, 2.24) is 10.3 Å². The number of methoxy groups -OCH3 is 1. The zero-order chi connectivity index (χ0) is 11.6. The lowest BCUT2D eigenvalue weighted by Crippen LogP contribution is -2.32. The van der Waals surface area contributed by atoms with Crippen LogP contribution in [0.2, 0.25) is 0 Å². The molecule has 0 bridgehead atoms. The van der Waals surface area contributed by atoms with Crippen LogP contribution in [-0.2, 0) is 6.54 Å². The monoisotopic (exact) mass is 220 g/mol. The third-order valence-corrected chi connectivity index (χ3v) is 3.70. The van der Waals surface area contributed by atoms with Gasteiger partial charge in [0.25, 0.3) is 0 Å². The number of aromatic nitrogens is 1. The van der Waals surface area contributed by atoms with Crippen LogP contribution in [0.5, 0.6) is 5.88 Å². The topological polar surface area (TPSA) is 34.1 Å². The molecule has 0 aromatic carbocycles. The predicted octanol–water partition coefficient (Wildman–Crippen LogP) is 2.37. The van der Waals surface area contributed by atoms with Crippen LogP contribution < -0.4 is 10.1 Å². The molecule has 1 atom stereocenters. The summed E-state index contributed by atoms with van der Waals surface area (Å²) in [4.78, 5) is 4.10. The molecule has 1 aliphatic rings. The molecule has 0 aliphatic heterocycles. The zero-order valence-electron chi connectivity index (χ0n) is 10.3. The molecule has 0 amide bonds.